The number of amides is 1. The minimum atomic E-state index is 0.0964. The van der Waals surface area contributed by atoms with Crippen LogP contribution in [0.3, 0.4) is 0 Å². The third kappa shape index (κ3) is 3.28. The summed E-state index contributed by atoms with van der Waals surface area (Å²) < 4.78 is 0. The van der Waals surface area contributed by atoms with Crippen LogP contribution >= 0.6 is 0 Å². The van der Waals surface area contributed by atoms with E-state index in [0.717, 1.165) is 37.3 Å². The van der Waals surface area contributed by atoms with Gasteiger partial charge in [0.1, 0.15) is 0 Å². The monoisotopic (exact) mass is 233 g/mol. The van der Waals surface area contributed by atoms with Gasteiger partial charge in [-0.3, -0.25) is 4.79 Å². The van der Waals surface area contributed by atoms with Crippen molar-refractivity contribution in [2.45, 2.75) is 19.4 Å². The molecule has 0 saturated heterocycles. The van der Waals surface area contributed by atoms with Crippen LogP contribution in [-0.2, 0) is 17.8 Å². The van der Waals surface area contributed by atoms with E-state index in [2.05, 4.69) is 28.1 Å². The van der Waals surface area contributed by atoms with Crippen molar-refractivity contribution in [3.05, 3.63) is 29.3 Å². The van der Waals surface area contributed by atoms with E-state index >= 15 is 0 Å². The average molecular weight is 233 g/mol. The fourth-order valence-electron chi connectivity index (χ4n) is 2.02. The zero-order chi connectivity index (χ0) is 12.1. The summed E-state index contributed by atoms with van der Waals surface area (Å²) in [4.78, 5) is 11.2. The van der Waals surface area contributed by atoms with Crippen LogP contribution in [0.25, 0.3) is 0 Å². The lowest BCUT2D eigenvalue weighted by atomic mass is 10.1. The van der Waals surface area contributed by atoms with E-state index < -0.39 is 0 Å². The van der Waals surface area contributed by atoms with Crippen LogP contribution in [0.15, 0.2) is 18.2 Å². The Morgan fingerprint density at radius 2 is 2.24 bits per heavy atom. The van der Waals surface area contributed by atoms with Gasteiger partial charge >= 0.3 is 0 Å². The van der Waals surface area contributed by atoms with Gasteiger partial charge in [-0.2, -0.15) is 0 Å². The second-order valence-electron chi connectivity index (χ2n) is 4.35. The van der Waals surface area contributed by atoms with Gasteiger partial charge in [0.05, 0.1) is 6.42 Å². The van der Waals surface area contributed by atoms with Crippen molar-refractivity contribution >= 4 is 11.6 Å². The number of hydrogen-bond acceptors (Lipinski definition) is 3. The molecule has 4 nitrogen and oxygen atoms in total. The second-order valence-corrected chi connectivity index (χ2v) is 4.35. The lowest BCUT2D eigenvalue weighted by molar-refractivity contribution is -0.115. The second kappa shape index (κ2) is 5.80. The van der Waals surface area contributed by atoms with Gasteiger partial charge in [0.2, 0.25) is 5.91 Å². The van der Waals surface area contributed by atoms with Gasteiger partial charge in [0.25, 0.3) is 0 Å². The predicted octanol–water partition coefficient (Wildman–Crippen LogP) is 0.880. The molecule has 1 aromatic rings. The number of hydrogen-bond donors (Lipinski definition) is 3. The topological polar surface area (TPSA) is 53.2 Å². The first-order valence-corrected chi connectivity index (χ1v) is 6.06. The quantitative estimate of drug-likeness (QED) is 0.639. The van der Waals surface area contributed by atoms with Gasteiger partial charge in [0.15, 0.2) is 0 Å². The molecule has 0 radical (unpaired) electrons. The van der Waals surface area contributed by atoms with Crippen LogP contribution < -0.4 is 16.0 Å². The largest absolute Gasteiger partial charge is 0.326 e. The van der Waals surface area contributed by atoms with Crippen molar-refractivity contribution in [1.29, 1.82) is 0 Å². The minimum Gasteiger partial charge on any atom is -0.326 e. The number of nitrogens with one attached hydrogen (secondary N) is 3. The summed E-state index contributed by atoms with van der Waals surface area (Å²) >= 11 is 0. The first-order valence-electron chi connectivity index (χ1n) is 6.06. The van der Waals surface area contributed by atoms with Crippen molar-refractivity contribution in [2.75, 3.05) is 25.5 Å². The molecular formula is C13H19N3O. The van der Waals surface area contributed by atoms with Gasteiger partial charge in [-0.05, 0) is 43.8 Å². The molecular weight excluding hydrogens is 214 g/mol. The van der Waals surface area contributed by atoms with E-state index in [1.54, 1.807) is 0 Å². The predicted molar refractivity (Wildman–Crippen MR) is 69.0 cm³/mol. The Labute approximate surface area is 102 Å². The van der Waals surface area contributed by atoms with E-state index in [-0.39, 0.29) is 5.91 Å². The highest BCUT2D eigenvalue weighted by Gasteiger charge is 2.16. The molecule has 1 amide bonds. The summed E-state index contributed by atoms with van der Waals surface area (Å²) in [5.74, 6) is 0.0964. The zero-order valence-corrected chi connectivity index (χ0v) is 10.2. The van der Waals surface area contributed by atoms with Crippen LogP contribution in [0.2, 0.25) is 0 Å². The number of carbonyl (C=O) groups is 1. The molecule has 1 aliphatic heterocycles. The molecule has 0 atom stereocenters. The fourth-order valence-corrected chi connectivity index (χ4v) is 2.02. The third-order valence-corrected chi connectivity index (χ3v) is 2.90. The summed E-state index contributed by atoms with van der Waals surface area (Å²) in [6.07, 6.45) is 1.64. The van der Waals surface area contributed by atoms with Crippen LogP contribution in [0.5, 0.6) is 0 Å². The Kier molecular flexibility index (Phi) is 4.12. The Bertz CT molecular complexity index is 404. The van der Waals surface area contributed by atoms with E-state index in [9.17, 15) is 4.79 Å². The molecule has 4 heteroatoms. The Morgan fingerprint density at radius 1 is 1.35 bits per heavy atom. The molecule has 0 spiro atoms. The molecule has 17 heavy (non-hydrogen) atoms. The summed E-state index contributed by atoms with van der Waals surface area (Å²) in [6, 6.07) is 6.17. The van der Waals surface area contributed by atoms with Crippen molar-refractivity contribution < 1.29 is 4.79 Å². The zero-order valence-electron chi connectivity index (χ0n) is 10.2. The smallest absolute Gasteiger partial charge is 0.228 e. The molecule has 0 unspecified atom stereocenters. The van der Waals surface area contributed by atoms with Crippen molar-refractivity contribution in [2.24, 2.45) is 0 Å². The van der Waals surface area contributed by atoms with Crippen LogP contribution in [0, 0.1) is 0 Å². The average Bonchev–Trinajstić information content (AvgIpc) is 2.68. The maximum atomic E-state index is 11.2. The van der Waals surface area contributed by atoms with Gasteiger partial charge in [0, 0.05) is 12.2 Å². The highest BCUT2D eigenvalue weighted by molar-refractivity contribution is 5.99. The maximum Gasteiger partial charge on any atom is 0.228 e. The normalized spacial score (nSPS) is 13.6. The molecule has 92 valence electrons. The number of benzene rings is 1. The van der Waals surface area contributed by atoms with Gasteiger partial charge in [-0.25, -0.2) is 0 Å². The highest BCUT2D eigenvalue weighted by atomic mass is 16.1. The van der Waals surface area contributed by atoms with Crippen LogP contribution in [-0.4, -0.2) is 26.0 Å². The van der Waals surface area contributed by atoms with Crippen LogP contribution in [0.1, 0.15) is 17.5 Å². The third-order valence-electron chi connectivity index (χ3n) is 2.90. The van der Waals surface area contributed by atoms with E-state index in [4.69, 9.17) is 0 Å². The summed E-state index contributed by atoms with van der Waals surface area (Å²) in [5, 5.41) is 9.35. The summed E-state index contributed by atoms with van der Waals surface area (Å²) in [5.41, 5.74) is 3.32. The van der Waals surface area contributed by atoms with E-state index in [0.29, 0.717) is 6.42 Å². The maximum absolute atomic E-state index is 11.2. The molecule has 1 heterocycles. The Morgan fingerprint density at radius 3 is 3.06 bits per heavy atom. The number of carbonyl (C=O) groups excluding carboxylic acids is 1. The standard InChI is InChI=1S/C13H19N3O/c1-14-5-2-6-15-9-10-3-4-12-11(7-10)8-13(17)16-12/h3-4,7,14-15H,2,5-6,8-9H2,1H3,(H,16,17). The summed E-state index contributed by atoms with van der Waals surface area (Å²) in [6.45, 7) is 2.91. The molecule has 0 aliphatic carbocycles. The van der Waals surface area contributed by atoms with Crippen molar-refractivity contribution in [1.82, 2.24) is 10.6 Å². The van der Waals surface area contributed by atoms with Crippen LogP contribution in [0.4, 0.5) is 5.69 Å². The van der Waals surface area contributed by atoms with Gasteiger partial charge in [-0.15, -0.1) is 0 Å². The van der Waals surface area contributed by atoms with E-state index in [1.165, 1.54) is 5.56 Å². The SMILES string of the molecule is CNCCCNCc1ccc2c(c1)CC(=O)N2. The van der Waals surface area contributed by atoms with Gasteiger partial charge in [-0.1, -0.05) is 12.1 Å². The molecule has 0 bridgehead atoms. The molecule has 2 rings (SSSR count). The molecule has 0 saturated carbocycles. The van der Waals surface area contributed by atoms with Crippen molar-refractivity contribution in [3.8, 4) is 0 Å². The highest BCUT2D eigenvalue weighted by Crippen LogP contribution is 2.23. The number of rotatable bonds is 6. The van der Waals surface area contributed by atoms with Crippen molar-refractivity contribution in [3.63, 3.8) is 0 Å². The number of fused-ring (bicyclic) bond motifs is 1. The molecule has 0 fully saturated rings. The first kappa shape index (κ1) is 12.1. The number of anilines is 1. The minimum absolute atomic E-state index is 0.0964. The Balaban J connectivity index is 1.82. The lowest BCUT2D eigenvalue weighted by Gasteiger charge is -2.06. The first-order chi connectivity index (χ1) is 8.29. The fraction of sp³-hybridized carbons (Fsp3) is 0.462. The Hall–Kier alpha value is -1.39. The molecule has 3 N–H and O–H groups in total. The molecule has 1 aromatic carbocycles. The van der Waals surface area contributed by atoms with E-state index in [1.807, 2.05) is 13.1 Å². The van der Waals surface area contributed by atoms with Gasteiger partial charge < -0.3 is 16.0 Å². The summed E-state index contributed by atoms with van der Waals surface area (Å²) in [7, 11) is 1.96. The lowest BCUT2D eigenvalue weighted by Crippen LogP contribution is -2.19. The molecule has 1 aliphatic rings. The molecule has 0 aromatic heterocycles.